The monoisotopic (exact) mass is 240 g/mol. The van der Waals surface area contributed by atoms with Crippen LogP contribution in [0.2, 0.25) is 0 Å². The highest BCUT2D eigenvalue weighted by Crippen LogP contribution is 2.22. The lowest BCUT2D eigenvalue weighted by Gasteiger charge is -2.00. The van der Waals surface area contributed by atoms with Gasteiger partial charge < -0.3 is 5.32 Å². The number of hydrogen-bond donors (Lipinski definition) is 1. The van der Waals surface area contributed by atoms with Crippen molar-refractivity contribution >= 4 is 16.5 Å². The van der Waals surface area contributed by atoms with Crippen LogP contribution in [0, 0.1) is 11.6 Å². The van der Waals surface area contributed by atoms with Crippen molar-refractivity contribution in [1.82, 2.24) is 4.98 Å². The van der Waals surface area contributed by atoms with Gasteiger partial charge in [0.1, 0.15) is 11.6 Å². The fourth-order valence-corrected chi connectivity index (χ4v) is 2.15. The van der Waals surface area contributed by atoms with Crippen LogP contribution in [0.15, 0.2) is 24.4 Å². The molecule has 1 aromatic carbocycles. The fraction of sp³-hybridized carbons (Fsp3) is 0.182. The van der Waals surface area contributed by atoms with E-state index >= 15 is 0 Å². The van der Waals surface area contributed by atoms with Gasteiger partial charge in [0, 0.05) is 30.6 Å². The molecule has 0 radical (unpaired) electrons. The van der Waals surface area contributed by atoms with Crippen molar-refractivity contribution in [3.8, 4) is 0 Å². The third kappa shape index (κ3) is 2.36. The summed E-state index contributed by atoms with van der Waals surface area (Å²) in [6, 6.07) is 3.62. The molecule has 1 aromatic heterocycles. The maximum Gasteiger partial charge on any atom is 0.182 e. The fourth-order valence-electron chi connectivity index (χ4n) is 1.36. The lowest BCUT2D eigenvalue weighted by molar-refractivity contribution is 0.575. The van der Waals surface area contributed by atoms with Crippen molar-refractivity contribution in [2.75, 3.05) is 12.4 Å². The molecule has 1 heterocycles. The summed E-state index contributed by atoms with van der Waals surface area (Å²) in [6.45, 7) is 0. The van der Waals surface area contributed by atoms with E-state index in [0.717, 1.165) is 16.1 Å². The summed E-state index contributed by atoms with van der Waals surface area (Å²) in [7, 11) is 1.78. The third-order valence-corrected chi connectivity index (χ3v) is 3.16. The predicted octanol–water partition coefficient (Wildman–Crippen LogP) is 3.05. The van der Waals surface area contributed by atoms with Crippen molar-refractivity contribution in [2.24, 2.45) is 0 Å². The van der Waals surface area contributed by atoms with E-state index < -0.39 is 11.6 Å². The Morgan fingerprint density at radius 1 is 1.38 bits per heavy atom. The van der Waals surface area contributed by atoms with E-state index in [2.05, 4.69) is 10.3 Å². The third-order valence-electron chi connectivity index (χ3n) is 2.15. The summed E-state index contributed by atoms with van der Waals surface area (Å²) in [5.41, 5.74) is 0.479. The molecule has 0 bridgehead atoms. The molecular formula is C11H10F2N2S. The SMILES string of the molecule is CNc1ncc(Cc2ccc(F)cc2F)s1. The zero-order valence-corrected chi connectivity index (χ0v) is 9.44. The van der Waals surface area contributed by atoms with E-state index in [1.807, 2.05) is 0 Å². The van der Waals surface area contributed by atoms with Gasteiger partial charge in [0.05, 0.1) is 0 Å². The van der Waals surface area contributed by atoms with Crippen LogP contribution >= 0.6 is 11.3 Å². The highest BCUT2D eigenvalue weighted by Gasteiger charge is 2.07. The molecule has 0 unspecified atom stereocenters. The van der Waals surface area contributed by atoms with Crippen LogP contribution in [-0.4, -0.2) is 12.0 Å². The Bertz CT molecular complexity index is 496. The van der Waals surface area contributed by atoms with Gasteiger partial charge in [0.25, 0.3) is 0 Å². The molecule has 2 rings (SSSR count). The summed E-state index contributed by atoms with van der Waals surface area (Å²) in [6.07, 6.45) is 2.13. The van der Waals surface area contributed by atoms with Gasteiger partial charge in [0.15, 0.2) is 5.13 Å². The molecule has 2 aromatic rings. The molecule has 1 N–H and O–H groups in total. The van der Waals surface area contributed by atoms with Crippen molar-refractivity contribution in [3.05, 3.63) is 46.5 Å². The Hall–Kier alpha value is -1.49. The van der Waals surface area contributed by atoms with Gasteiger partial charge in [0.2, 0.25) is 0 Å². The van der Waals surface area contributed by atoms with Crippen LogP contribution in [0.5, 0.6) is 0 Å². The average molecular weight is 240 g/mol. The topological polar surface area (TPSA) is 24.9 Å². The van der Waals surface area contributed by atoms with Crippen LogP contribution in [0.3, 0.4) is 0 Å². The Kier molecular flexibility index (Phi) is 3.14. The summed E-state index contributed by atoms with van der Waals surface area (Å²) in [4.78, 5) is 5.03. The van der Waals surface area contributed by atoms with Crippen molar-refractivity contribution in [1.29, 1.82) is 0 Å². The van der Waals surface area contributed by atoms with E-state index in [4.69, 9.17) is 0 Å². The Balaban J connectivity index is 2.20. The van der Waals surface area contributed by atoms with Gasteiger partial charge in [-0.2, -0.15) is 0 Å². The number of rotatable bonds is 3. The second-order valence-electron chi connectivity index (χ2n) is 3.29. The number of halogens is 2. The summed E-state index contributed by atoms with van der Waals surface area (Å²) in [5.74, 6) is -1.07. The number of thiazole rings is 1. The minimum atomic E-state index is -0.554. The summed E-state index contributed by atoms with van der Waals surface area (Å²) in [5, 5.41) is 3.70. The summed E-state index contributed by atoms with van der Waals surface area (Å²) < 4.78 is 26.0. The highest BCUT2D eigenvalue weighted by molar-refractivity contribution is 7.15. The smallest absolute Gasteiger partial charge is 0.182 e. The maximum absolute atomic E-state index is 13.4. The number of nitrogens with one attached hydrogen (secondary N) is 1. The van der Waals surface area contributed by atoms with Gasteiger partial charge in [-0.1, -0.05) is 6.07 Å². The molecule has 0 fully saturated rings. The molecule has 0 spiro atoms. The second kappa shape index (κ2) is 4.57. The lowest BCUT2D eigenvalue weighted by Crippen LogP contribution is -1.91. The standard InChI is InChI=1S/C11H10F2N2S/c1-14-11-15-6-9(16-11)4-7-2-3-8(12)5-10(7)13/h2-3,5-6H,4H2,1H3,(H,14,15). The number of hydrogen-bond acceptors (Lipinski definition) is 3. The molecule has 0 atom stereocenters. The molecule has 0 aliphatic carbocycles. The quantitative estimate of drug-likeness (QED) is 0.891. The normalized spacial score (nSPS) is 10.4. The van der Waals surface area contributed by atoms with Crippen LogP contribution in [0.4, 0.5) is 13.9 Å². The Morgan fingerprint density at radius 3 is 2.81 bits per heavy atom. The molecule has 0 saturated carbocycles. The largest absolute Gasteiger partial charge is 0.365 e. The first kappa shape index (κ1) is 11.0. The highest BCUT2D eigenvalue weighted by atomic mass is 32.1. The average Bonchev–Trinajstić information content (AvgIpc) is 2.70. The Labute approximate surface area is 96.0 Å². The molecule has 0 aliphatic heterocycles. The van der Waals surface area contributed by atoms with Crippen molar-refractivity contribution in [3.63, 3.8) is 0 Å². The zero-order valence-electron chi connectivity index (χ0n) is 8.63. The minimum Gasteiger partial charge on any atom is -0.365 e. The molecule has 16 heavy (non-hydrogen) atoms. The first-order valence-electron chi connectivity index (χ1n) is 4.75. The van der Waals surface area contributed by atoms with Gasteiger partial charge in [-0.15, -0.1) is 11.3 Å². The van der Waals surface area contributed by atoms with Crippen LogP contribution in [0.1, 0.15) is 10.4 Å². The molecule has 84 valence electrons. The van der Waals surface area contributed by atoms with E-state index in [-0.39, 0.29) is 0 Å². The molecule has 5 heteroatoms. The second-order valence-corrected chi connectivity index (χ2v) is 4.41. The zero-order chi connectivity index (χ0) is 11.5. The van der Waals surface area contributed by atoms with E-state index in [9.17, 15) is 8.78 Å². The number of anilines is 1. The summed E-state index contributed by atoms with van der Waals surface area (Å²) >= 11 is 1.46. The molecule has 0 saturated heterocycles. The van der Waals surface area contributed by atoms with Gasteiger partial charge in [-0.25, -0.2) is 13.8 Å². The van der Waals surface area contributed by atoms with Crippen LogP contribution in [0.25, 0.3) is 0 Å². The van der Waals surface area contributed by atoms with E-state index in [1.165, 1.54) is 23.5 Å². The Morgan fingerprint density at radius 2 is 2.19 bits per heavy atom. The van der Waals surface area contributed by atoms with Gasteiger partial charge >= 0.3 is 0 Å². The first-order chi connectivity index (χ1) is 7.69. The van der Waals surface area contributed by atoms with E-state index in [1.54, 1.807) is 13.2 Å². The molecule has 2 nitrogen and oxygen atoms in total. The minimum absolute atomic E-state index is 0.436. The van der Waals surface area contributed by atoms with E-state index in [0.29, 0.717) is 12.0 Å². The number of aromatic nitrogens is 1. The molecule has 0 aliphatic rings. The van der Waals surface area contributed by atoms with Gasteiger partial charge in [-0.3, -0.25) is 0 Å². The lowest BCUT2D eigenvalue weighted by atomic mass is 10.1. The number of benzene rings is 1. The van der Waals surface area contributed by atoms with Crippen LogP contribution in [-0.2, 0) is 6.42 Å². The first-order valence-corrected chi connectivity index (χ1v) is 5.57. The molecule has 0 amide bonds. The van der Waals surface area contributed by atoms with Crippen LogP contribution < -0.4 is 5.32 Å². The van der Waals surface area contributed by atoms with Crippen molar-refractivity contribution in [2.45, 2.75) is 6.42 Å². The predicted molar refractivity (Wildman–Crippen MR) is 60.8 cm³/mol. The van der Waals surface area contributed by atoms with Gasteiger partial charge in [-0.05, 0) is 11.6 Å². The molecular weight excluding hydrogens is 230 g/mol. The maximum atomic E-state index is 13.4. The number of nitrogens with zero attached hydrogens (tertiary/aromatic N) is 1. The van der Waals surface area contributed by atoms with Crippen molar-refractivity contribution < 1.29 is 8.78 Å².